The molecule has 1 heterocycles. The van der Waals surface area contributed by atoms with Crippen LogP contribution in [0, 0.1) is 11.8 Å². The fourth-order valence-corrected chi connectivity index (χ4v) is 2.02. The summed E-state index contributed by atoms with van der Waals surface area (Å²) in [4.78, 5) is 11.6. The van der Waals surface area contributed by atoms with Crippen LogP contribution in [0.4, 0.5) is 4.79 Å². The van der Waals surface area contributed by atoms with Crippen LogP contribution in [0.5, 0.6) is 0 Å². The molecule has 0 saturated carbocycles. The van der Waals surface area contributed by atoms with Crippen LogP contribution in [-0.2, 0) is 11.3 Å². The highest BCUT2D eigenvalue weighted by molar-refractivity contribution is 5.67. The van der Waals surface area contributed by atoms with E-state index in [1.807, 2.05) is 54.6 Å². The zero-order valence-electron chi connectivity index (χ0n) is 13.3. The number of aromatic amines is 1. The quantitative estimate of drug-likeness (QED) is 0.714. The Morgan fingerprint density at radius 1 is 1.12 bits per heavy atom. The van der Waals surface area contributed by atoms with E-state index in [9.17, 15) is 4.79 Å². The normalized spacial score (nSPS) is 9.76. The van der Waals surface area contributed by atoms with Crippen molar-refractivity contribution in [1.29, 1.82) is 0 Å². The molecule has 0 radical (unpaired) electrons. The van der Waals surface area contributed by atoms with Gasteiger partial charge in [0.05, 0.1) is 6.54 Å². The molecule has 3 rings (SSSR count). The van der Waals surface area contributed by atoms with Crippen molar-refractivity contribution in [2.75, 3.05) is 6.54 Å². The summed E-state index contributed by atoms with van der Waals surface area (Å²) in [5.74, 6) is 6.37. The zero-order valence-corrected chi connectivity index (χ0v) is 13.3. The molecule has 7 heteroatoms. The molecule has 0 saturated heterocycles. The second kappa shape index (κ2) is 8.26. The van der Waals surface area contributed by atoms with Gasteiger partial charge in [-0.25, -0.2) is 4.79 Å². The zero-order chi connectivity index (χ0) is 17.3. The second-order valence-electron chi connectivity index (χ2n) is 5.03. The van der Waals surface area contributed by atoms with Gasteiger partial charge >= 0.3 is 6.09 Å². The van der Waals surface area contributed by atoms with Crippen molar-refractivity contribution in [2.45, 2.75) is 6.61 Å². The van der Waals surface area contributed by atoms with Gasteiger partial charge in [0, 0.05) is 11.1 Å². The molecule has 0 unspecified atom stereocenters. The van der Waals surface area contributed by atoms with Crippen molar-refractivity contribution in [1.82, 2.24) is 25.9 Å². The summed E-state index contributed by atoms with van der Waals surface area (Å²) in [5, 5.41) is 16.3. The molecule has 0 fully saturated rings. The Balaban J connectivity index is 1.44. The average molecular weight is 333 g/mol. The molecule has 7 nitrogen and oxygen atoms in total. The topological polar surface area (TPSA) is 92.8 Å². The maximum atomic E-state index is 11.6. The molecule has 0 atom stereocenters. The summed E-state index contributed by atoms with van der Waals surface area (Å²) in [6.07, 6.45) is -0.495. The summed E-state index contributed by atoms with van der Waals surface area (Å²) < 4.78 is 5.10. The third kappa shape index (κ3) is 4.91. The Bertz CT molecular complexity index is 865. The van der Waals surface area contributed by atoms with Crippen LogP contribution in [0.3, 0.4) is 0 Å². The van der Waals surface area contributed by atoms with Gasteiger partial charge in [-0.05, 0) is 35.0 Å². The van der Waals surface area contributed by atoms with E-state index in [4.69, 9.17) is 4.74 Å². The number of carbonyl (C=O) groups excluding carboxylic acids is 1. The highest BCUT2D eigenvalue weighted by Crippen LogP contribution is 2.13. The third-order valence-electron chi connectivity index (χ3n) is 3.26. The number of nitrogens with one attached hydrogen (secondary N) is 2. The Morgan fingerprint density at radius 2 is 1.92 bits per heavy atom. The van der Waals surface area contributed by atoms with Gasteiger partial charge in [-0.3, -0.25) is 0 Å². The average Bonchev–Trinajstić information content (AvgIpc) is 3.20. The molecule has 0 bridgehead atoms. The molecule has 0 spiro atoms. The summed E-state index contributed by atoms with van der Waals surface area (Å²) in [5.41, 5.74) is 2.61. The molecule has 1 aromatic heterocycles. The van der Waals surface area contributed by atoms with Gasteiger partial charge in [0.2, 0.25) is 5.82 Å². The number of aromatic nitrogens is 4. The summed E-state index contributed by atoms with van der Waals surface area (Å²) in [7, 11) is 0. The van der Waals surface area contributed by atoms with Crippen molar-refractivity contribution in [3.63, 3.8) is 0 Å². The fraction of sp³-hybridized carbons (Fsp3) is 0.111. The predicted octanol–water partition coefficient (Wildman–Crippen LogP) is 2.14. The van der Waals surface area contributed by atoms with Crippen LogP contribution in [0.2, 0.25) is 0 Å². The van der Waals surface area contributed by atoms with Crippen molar-refractivity contribution in [2.24, 2.45) is 0 Å². The van der Waals surface area contributed by atoms with Crippen LogP contribution in [0.1, 0.15) is 11.1 Å². The highest BCUT2D eigenvalue weighted by Gasteiger charge is 2.02. The third-order valence-corrected chi connectivity index (χ3v) is 3.26. The van der Waals surface area contributed by atoms with E-state index in [-0.39, 0.29) is 13.2 Å². The number of amides is 1. The molecular formula is C18H15N5O2. The Morgan fingerprint density at radius 3 is 2.64 bits per heavy atom. The van der Waals surface area contributed by atoms with Crippen LogP contribution in [-0.4, -0.2) is 33.3 Å². The van der Waals surface area contributed by atoms with E-state index in [1.165, 1.54) is 0 Å². The minimum atomic E-state index is -0.495. The van der Waals surface area contributed by atoms with Crippen molar-refractivity contribution in [3.05, 3.63) is 65.7 Å². The number of ether oxygens (including phenoxy) is 1. The number of H-pyrrole nitrogens is 1. The molecule has 124 valence electrons. The van der Waals surface area contributed by atoms with Crippen molar-refractivity contribution >= 4 is 6.09 Å². The van der Waals surface area contributed by atoms with Gasteiger partial charge in [-0.1, -0.05) is 42.2 Å². The smallest absolute Gasteiger partial charge is 0.408 e. The van der Waals surface area contributed by atoms with Crippen LogP contribution in [0.15, 0.2) is 54.6 Å². The van der Waals surface area contributed by atoms with Crippen LogP contribution < -0.4 is 5.32 Å². The molecule has 2 N–H and O–H groups in total. The van der Waals surface area contributed by atoms with E-state index in [1.54, 1.807) is 0 Å². The number of hydrogen-bond acceptors (Lipinski definition) is 5. The van der Waals surface area contributed by atoms with Crippen molar-refractivity contribution in [3.8, 4) is 23.2 Å². The number of rotatable bonds is 4. The molecule has 25 heavy (non-hydrogen) atoms. The number of carbonyl (C=O) groups is 1. The minimum absolute atomic E-state index is 0.209. The minimum Gasteiger partial charge on any atom is -0.445 e. The van der Waals surface area contributed by atoms with E-state index < -0.39 is 6.09 Å². The molecule has 2 aromatic carbocycles. The lowest BCUT2D eigenvalue weighted by atomic mass is 10.1. The van der Waals surface area contributed by atoms with Crippen LogP contribution in [0.25, 0.3) is 11.4 Å². The van der Waals surface area contributed by atoms with Gasteiger partial charge in [0.15, 0.2) is 0 Å². The SMILES string of the molecule is O=C(NCC#Cc1ccc(-c2nn[nH]n2)cc1)OCc1ccccc1. The molecule has 1 amide bonds. The van der Waals surface area contributed by atoms with Gasteiger partial charge in [-0.15, -0.1) is 10.2 Å². The Hall–Kier alpha value is -3.66. The lowest BCUT2D eigenvalue weighted by Gasteiger charge is -2.04. The number of benzene rings is 2. The molecular weight excluding hydrogens is 318 g/mol. The number of nitrogens with zero attached hydrogens (tertiary/aromatic N) is 3. The maximum absolute atomic E-state index is 11.6. The highest BCUT2D eigenvalue weighted by atomic mass is 16.5. The van der Waals surface area contributed by atoms with Gasteiger partial charge in [-0.2, -0.15) is 5.21 Å². The monoisotopic (exact) mass is 333 g/mol. The van der Waals surface area contributed by atoms with Crippen molar-refractivity contribution < 1.29 is 9.53 Å². The van der Waals surface area contributed by atoms with E-state index in [0.717, 1.165) is 16.7 Å². The Labute approximate surface area is 144 Å². The summed E-state index contributed by atoms with van der Waals surface area (Å²) in [6.45, 7) is 0.442. The first kappa shape index (κ1) is 16.2. The molecule has 0 aliphatic carbocycles. The number of hydrogen-bond donors (Lipinski definition) is 2. The van der Waals surface area contributed by atoms with E-state index in [0.29, 0.717) is 5.82 Å². The predicted molar refractivity (Wildman–Crippen MR) is 91.1 cm³/mol. The van der Waals surface area contributed by atoms with Gasteiger partial charge in [0.1, 0.15) is 6.61 Å². The summed E-state index contributed by atoms with van der Waals surface area (Å²) in [6, 6.07) is 16.9. The first-order chi connectivity index (χ1) is 12.3. The van der Waals surface area contributed by atoms with Gasteiger partial charge in [0.25, 0.3) is 0 Å². The van der Waals surface area contributed by atoms with Gasteiger partial charge < -0.3 is 10.1 Å². The molecule has 3 aromatic rings. The first-order valence-electron chi connectivity index (χ1n) is 7.58. The lowest BCUT2D eigenvalue weighted by molar-refractivity contribution is 0.141. The number of alkyl carbamates (subject to hydrolysis) is 1. The molecule has 0 aliphatic rings. The summed E-state index contributed by atoms with van der Waals surface area (Å²) >= 11 is 0. The maximum Gasteiger partial charge on any atom is 0.408 e. The van der Waals surface area contributed by atoms with E-state index in [2.05, 4.69) is 37.8 Å². The van der Waals surface area contributed by atoms with Crippen LogP contribution >= 0.6 is 0 Å². The fourth-order valence-electron chi connectivity index (χ4n) is 2.02. The second-order valence-corrected chi connectivity index (χ2v) is 5.03. The van der Waals surface area contributed by atoms with E-state index >= 15 is 0 Å². The standard InChI is InChI=1S/C18H15N5O2/c24-18(25-13-15-5-2-1-3-6-15)19-12-4-7-14-8-10-16(11-9-14)17-20-22-23-21-17/h1-3,5-6,8-11H,12-13H2,(H,19,24)(H,20,21,22,23). The lowest BCUT2D eigenvalue weighted by Crippen LogP contribution is -2.24. The Kier molecular flexibility index (Phi) is 5.36. The largest absolute Gasteiger partial charge is 0.445 e. The molecule has 0 aliphatic heterocycles. The number of tetrazole rings is 1. The first-order valence-corrected chi connectivity index (χ1v) is 7.58.